The molecule has 0 unspecified atom stereocenters. The first-order valence-electron chi connectivity index (χ1n) is 12.9. The predicted molar refractivity (Wildman–Crippen MR) is 143 cm³/mol. The Morgan fingerprint density at radius 2 is 1.73 bits per heavy atom. The van der Waals surface area contributed by atoms with Crippen LogP contribution in [0.25, 0.3) is 0 Å². The molecule has 2 aromatic carbocycles. The zero-order valence-electron chi connectivity index (χ0n) is 22.2. The molecule has 0 aliphatic carbocycles. The molecule has 37 heavy (non-hydrogen) atoms. The Kier molecular flexibility index (Phi) is 7.66. The number of Topliss-reactive ketones (excluding diaryl/α,β-unsaturated/α-hetero) is 1. The number of nitrogens with zero attached hydrogens (tertiary/aromatic N) is 3. The number of amides is 3. The molecule has 2 aliphatic heterocycles. The van der Waals surface area contributed by atoms with Gasteiger partial charge in [-0.3, -0.25) is 19.2 Å². The number of carbonyl (C=O) groups is 4. The van der Waals surface area contributed by atoms with E-state index in [9.17, 15) is 19.2 Å². The molecule has 0 saturated carbocycles. The SMILES string of the molecule is Cc1cccc(C(=O)N2CC(=O)[C@@H]3[C@H]2CCN3C(=O)[C@H](CC(C)C)NC(=O)c2ccc(N(C)C)cc2)c1. The molecule has 0 bridgehead atoms. The summed E-state index contributed by atoms with van der Waals surface area (Å²) >= 11 is 0. The van der Waals surface area contributed by atoms with E-state index in [2.05, 4.69) is 5.32 Å². The molecule has 4 rings (SSSR count). The molecule has 8 heteroatoms. The fraction of sp³-hybridized carbons (Fsp3) is 0.448. The maximum absolute atomic E-state index is 13.7. The Hall–Kier alpha value is -3.68. The summed E-state index contributed by atoms with van der Waals surface area (Å²) in [5, 5.41) is 2.92. The largest absolute Gasteiger partial charge is 0.378 e. The number of aryl methyl sites for hydroxylation is 1. The minimum absolute atomic E-state index is 0.00861. The van der Waals surface area contributed by atoms with Crippen LogP contribution in [0.3, 0.4) is 0 Å². The second-order valence-corrected chi connectivity index (χ2v) is 10.7. The summed E-state index contributed by atoms with van der Waals surface area (Å²) in [6, 6.07) is 12.7. The van der Waals surface area contributed by atoms with Gasteiger partial charge in [0.05, 0.1) is 12.6 Å². The van der Waals surface area contributed by atoms with E-state index in [1.807, 2.05) is 70.1 Å². The van der Waals surface area contributed by atoms with Crippen LogP contribution in [-0.2, 0) is 9.59 Å². The number of benzene rings is 2. The second kappa shape index (κ2) is 10.7. The molecule has 2 aliphatic rings. The van der Waals surface area contributed by atoms with Crippen molar-refractivity contribution in [3.05, 3.63) is 65.2 Å². The molecule has 3 amide bonds. The molecular weight excluding hydrogens is 468 g/mol. The first-order valence-corrected chi connectivity index (χ1v) is 12.9. The topological polar surface area (TPSA) is 90.0 Å². The van der Waals surface area contributed by atoms with Crippen LogP contribution in [0, 0.1) is 12.8 Å². The van der Waals surface area contributed by atoms with Gasteiger partial charge in [0.25, 0.3) is 11.8 Å². The number of rotatable bonds is 7. The summed E-state index contributed by atoms with van der Waals surface area (Å²) in [5.41, 5.74) is 2.96. The molecule has 0 radical (unpaired) electrons. The van der Waals surface area contributed by atoms with Gasteiger partial charge >= 0.3 is 0 Å². The van der Waals surface area contributed by atoms with Gasteiger partial charge in [0.15, 0.2) is 5.78 Å². The van der Waals surface area contributed by atoms with E-state index in [4.69, 9.17) is 0 Å². The Balaban J connectivity index is 1.50. The van der Waals surface area contributed by atoms with E-state index >= 15 is 0 Å². The van der Waals surface area contributed by atoms with Crippen molar-refractivity contribution < 1.29 is 19.2 Å². The fourth-order valence-corrected chi connectivity index (χ4v) is 5.33. The number of hydrogen-bond donors (Lipinski definition) is 1. The Bertz CT molecular complexity index is 1190. The van der Waals surface area contributed by atoms with Crippen molar-refractivity contribution in [3.8, 4) is 0 Å². The quantitative estimate of drug-likeness (QED) is 0.626. The van der Waals surface area contributed by atoms with Gasteiger partial charge in [-0.15, -0.1) is 0 Å². The lowest BCUT2D eigenvalue weighted by atomic mass is 10.0. The highest BCUT2D eigenvalue weighted by molar-refractivity contribution is 6.03. The number of anilines is 1. The lowest BCUT2D eigenvalue weighted by molar-refractivity contribution is -0.138. The molecule has 196 valence electrons. The van der Waals surface area contributed by atoms with Crippen molar-refractivity contribution in [2.24, 2.45) is 5.92 Å². The third-order valence-corrected chi connectivity index (χ3v) is 7.19. The van der Waals surface area contributed by atoms with Gasteiger partial charge in [-0.25, -0.2) is 0 Å². The standard InChI is InChI=1S/C29H36N4O4/c1-18(2)15-23(30-27(35)20-9-11-22(12-10-20)31(4)5)29(37)32-14-13-24-26(32)25(34)17-33(24)28(36)21-8-6-7-19(3)16-21/h6-12,16,18,23-24,26H,13-15,17H2,1-5H3,(H,30,35)/t23-,24+,26-/m0/s1. The van der Waals surface area contributed by atoms with Gasteiger partial charge in [0, 0.05) is 37.5 Å². The summed E-state index contributed by atoms with van der Waals surface area (Å²) < 4.78 is 0. The van der Waals surface area contributed by atoms with Crippen LogP contribution in [0.15, 0.2) is 48.5 Å². The smallest absolute Gasteiger partial charge is 0.254 e. The molecular formula is C29H36N4O4. The monoisotopic (exact) mass is 504 g/mol. The zero-order valence-corrected chi connectivity index (χ0v) is 22.2. The van der Waals surface area contributed by atoms with E-state index < -0.39 is 12.1 Å². The van der Waals surface area contributed by atoms with Crippen LogP contribution in [0.4, 0.5) is 5.69 Å². The maximum atomic E-state index is 13.7. The van der Waals surface area contributed by atoms with Crippen molar-refractivity contribution in [2.45, 2.75) is 51.7 Å². The molecule has 2 heterocycles. The van der Waals surface area contributed by atoms with Gasteiger partial charge < -0.3 is 20.0 Å². The number of carbonyl (C=O) groups excluding carboxylic acids is 4. The Labute approximate surface area is 218 Å². The van der Waals surface area contributed by atoms with Gasteiger partial charge in [-0.2, -0.15) is 0 Å². The highest BCUT2D eigenvalue weighted by atomic mass is 16.2. The van der Waals surface area contributed by atoms with Crippen molar-refractivity contribution >= 4 is 29.2 Å². The average Bonchev–Trinajstić information content (AvgIpc) is 3.43. The minimum Gasteiger partial charge on any atom is -0.378 e. The Morgan fingerprint density at radius 1 is 1.03 bits per heavy atom. The van der Waals surface area contributed by atoms with Gasteiger partial charge in [-0.05, 0) is 62.1 Å². The van der Waals surface area contributed by atoms with Crippen LogP contribution in [0.1, 0.15) is 53.0 Å². The summed E-state index contributed by atoms with van der Waals surface area (Å²) in [4.78, 5) is 58.2. The fourth-order valence-electron chi connectivity index (χ4n) is 5.33. The third-order valence-electron chi connectivity index (χ3n) is 7.19. The highest BCUT2D eigenvalue weighted by Gasteiger charge is 2.52. The number of ketones is 1. The first-order chi connectivity index (χ1) is 17.6. The molecule has 8 nitrogen and oxygen atoms in total. The van der Waals surface area contributed by atoms with E-state index in [0.717, 1.165) is 11.3 Å². The van der Waals surface area contributed by atoms with Gasteiger partial charge in [0.2, 0.25) is 5.91 Å². The van der Waals surface area contributed by atoms with Crippen LogP contribution < -0.4 is 10.2 Å². The molecule has 3 atom stereocenters. The van der Waals surface area contributed by atoms with Crippen LogP contribution in [-0.4, -0.2) is 78.6 Å². The lowest BCUT2D eigenvalue weighted by Crippen LogP contribution is -2.53. The van der Waals surface area contributed by atoms with Crippen molar-refractivity contribution in [1.29, 1.82) is 0 Å². The maximum Gasteiger partial charge on any atom is 0.254 e. The molecule has 1 N–H and O–H groups in total. The first kappa shape index (κ1) is 26.4. The van der Waals surface area contributed by atoms with Gasteiger partial charge in [-0.1, -0.05) is 31.5 Å². The van der Waals surface area contributed by atoms with Crippen molar-refractivity contribution in [3.63, 3.8) is 0 Å². The predicted octanol–water partition coefficient (Wildman–Crippen LogP) is 2.90. The molecule has 0 aromatic heterocycles. The summed E-state index contributed by atoms with van der Waals surface area (Å²) in [6.07, 6.45) is 0.989. The number of likely N-dealkylation sites (tertiary alicyclic amines) is 2. The normalized spacial score (nSPS) is 19.7. The van der Waals surface area contributed by atoms with Crippen LogP contribution in [0.2, 0.25) is 0 Å². The third kappa shape index (κ3) is 5.53. The Morgan fingerprint density at radius 3 is 2.35 bits per heavy atom. The minimum atomic E-state index is -0.755. The molecule has 2 fully saturated rings. The van der Waals surface area contributed by atoms with Gasteiger partial charge in [0.1, 0.15) is 12.1 Å². The summed E-state index contributed by atoms with van der Waals surface area (Å²) in [6.45, 7) is 6.28. The summed E-state index contributed by atoms with van der Waals surface area (Å²) in [5.74, 6) is -0.757. The molecule has 2 saturated heterocycles. The zero-order chi connectivity index (χ0) is 26.9. The van der Waals surface area contributed by atoms with Crippen molar-refractivity contribution in [2.75, 3.05) is 32.1 Å². The number of hydrogen-bond acceptors (Lipinski definition) is 5. The molecule has 0 spiro atoms. The van der Waals surface area contributed by atoms with E-state index in [-0.39, 0.29) is 42.0 Å². The summed E-state index contributed by atoms with van der Waals surface area (Å²) in [7, 11) is 3.85. The van der Waals surface area contributed by atoms with E-state index in [1.54, 1.807) is 28.0 Å². The van der Waals surface area contributed by atoms with Crippen LogP contribution >= 0.6 is 0 Å². The highest BCUT2D eigenvalue weighted by Crippen LogP contribution is 2.32. The average molecular weight is 505 g/mol. The number of fused-ring (bicyclic) bond motifs is 1. The van der Waals surface area contributed by atoms with E-state index in [0.29, 0.717) is 30.5 Å². The molecule has 2 aromatic rings. The van der Waals surface area contributed by atoms with E-state index in [1.165, 1.54) is 0 Å². The number of nitrogens with one attached hydrogen (secondary N) is 1. The lowest BCUT2D eigenvalue weighted by Gasteiger charge is -2.29. The second-order valence-electron chi connectivity index (χ2n) is 10.7. The van der Waals surface area contributed by atoms with Crippen LogP contribution in [0.5, 0.6) is 0 Å². The van der Waals surface area contributed by atoms with Crippen molar-refractivity contribution in [1.82, 2.24) is 15.1 Å².